The van der Waals surface area contributed by atoms with Crippen molar-refractivity contribution in [2.24, 2.45) is 0 Å². The molecule has 0 N–H and O–H groups in total. The lowest BCUT2D eigenvalue weighted by atomic mass is 10.8. The molecule has 13 heteroatoms. The SMILES string of the molecule is [Al].[B].[B].[B].[B].[B].[B].[B].[B].[B].[B].[B].[B]. The molecule has 0 aliphatic carbocycles. The van der Waals surface area contributed by atoms with Crippen molar-refractivity contribution in [3.05, 3.63) is 0 Å². The quantitative estimate of drug-likeness (QED) is 0.309. The summed E-state index contributed by atoms with van der Waals surface area (Å²) < 4.78 is 0. The fourth-order valence-corrected chi connectivity index (χ4v) is 0. The molecule has 0 aliphatic rings. The van der Waals surface area contributed by atoms with Crippen LogP contribution in [0.25, 0.3) is 0 Å². The van der Waals surface area contributed by atoms with Gasteiger partial charge in [0.05, 0.1) is 0 Å². The molecule has 0 saturated heterocycles. The van der Waals surface area contributed by atoms with Gasteiger partial charge in [-0.3, -0.25) is 0 Å². The Morgan fingerprint density at radius 2 is 0.154 bits per heavy atom. The Kier molecular flexibility index (Phi) is 133000. The first kappa shape index (κ1) is 1470. The van der Waals surface area contributed by atoms with E-state index in [2.05, 4.69) is 0 Å². The normalized spacial score (nSPS) is 0. The van der Waals surface area contributed by atoms with Gasteiger partial charge in [0.15, 0.2) is 0 Å². The maximum absolute atomic E-state index is 0. The predicted octanol–water partition coefficient (Wildman–Crippen LogP) is -4.95. The monoisotopic (exact) mass is 159 g/mol. The van der Waals surface area contributed by atoms with Gasteiger partial charge in [-0.05, 0) is 0 Å². The molecule has 0 fully saturated rings. The van der Waals surface area contributed by atoms with Gasteiger partial charge in [-0.25, -0.2) is 0 Å². The molecule has 0 bridgehead atoms. The van der Waals surface area contributed by atoms with Gasteiger partial charge in [-0.2, -0.15) is 0 Å². The van der Waals surface area contributed by atoms with E-state index in [0.717, 1.165) is 0 Å². The molecular weight excluding hydrogens is 157 g/mol. The van der Waals surface area contributed by atoms with Crippen molar-refractivity contribution in [2.75, 3.05) is 0 Å². The molecule has 39 valence electrons. The van der Waals surface area contributed by atoms with Gasteiger partial charge in [0.1, 0.15) is 0 Å². The molecule has 0 aliphatic heterocycles. The van der Waals surface area contributed by atoms with E-state index in [1.165, 1.54) is 0 Å². The first-order chi connectivity index (χ1) is 0. The summed E-state index contributed by atoms with van der Waals surface area (Å²) >= 11 is 0. The fraction of sp³-hybridized carbons (Fsp3) is 0. The van der Waals surface area contributed by atoms with Gasteiger partial charge in [0.2, 0.25) is 0 Å². The van der Waals surface area contributed by atoms with E-state index in [1.54, 1.807) is 0 Å². The van der Waals surface area contributed by atoms with Crippen LogP contribution in [0.15, 0.2) is 0 Å². The van der Waals surface area contributed by atoms with Crippen molar-refractivity contribution in [1.29, 1.82) is 0 Å². The minimum Gasteiger partial charge on any atom is 0 e. The highest BCUT2D eigenvalue weighted by Gasteiger charge is 0.0120. The molecule has 0 nitrogen and oxygen atoms in total. The van der Waals surface area contributed by atoms with E-state index in [-0.39, 0.29) is 118 Å². The zero-order chi connectivity index (χ0) is 0. The van der Waals surface area contributed by atoms with Crippen molar-refractivity contribution >= 4 is 118 Å². The summed E-state index contributed by atoms with van der Waals surface area (Å²) in [7, 11) is 0. The van der Waals surface area contributed by atoms with Crippen LogP contribution in [0, 0.1) is 0 Å². The summed E-state index contributed by atoms with van der Waals surface area (Å²) in [5.74, 6) is 0. The second-order valence-corrected chi connectivity index (χ2v) is 0. The molecule has 0 aromatic rings. The molecule has 39 radical (unpaired) electrons. The molecular formula is AlB12. The van der Waals surface area contributed by atoms with Gasteiger partial charge < -0.3 is 0 Å². The van der Waals surface area contributed by atoms with Crippen molar-refractivity contribution in [3.63, 3.8) is 0 Å². The molecule has 13 heavy (non-hydrogen) atoms. The first-order valence-electron chi connectivity index (χ1n) is 0. The first-order valence-corrected chi connectivity index (χ1v) is 0. The number of rotatable bonds is 0. The lowest BCUT2D eigenvalue weighted by Gasteiger charge is -0.00100. The van der Waals surface area contributed by atoms with Crippen molar-refractivity contribution in [2.45, 2.75) is 0 Å². The Hall–Kier alpha value is 1.31. The lowest BCUT2D eigenvalue weighted by Crippen LogP contribution is -0.382. The Morgan fingerprint density at radius 1 is 0.154 bits per heavy atom. The molecule has 0 spiro atoms. The van der Waals surface area contributed by atoms with Gasteiger partial charge in [-0.1, -0.05) is 0 Å². The average molecular weight is 157 g/mol. The van der Waals surface area contributed by atoms with Gasteiger partial charge >= 0.3 is 0 Å². The van der Waals surface area contributed by atoms with E-state index in [1.807, 2.05) is 0 Å². The largest absolute Gasteiger partial charge is 0 e. The summed E-state index contributed by atoms with van der Waals surface area (Å²) in [5.41, 5.74) is 0. The Balaban J connectivity index is 0. The molecule has 0 amide bonds. The van der Waals surface area contributed by atoms with Crippen LogP contribution in [0.5, 0.6) is 0 Å². The van der Waals surface area contributed by atoms with Gasteiger partial charge in [0.25, 0.3) is 0 Å². The second-order valence-electron chi connectivity index (χ2n) is 0. The number of hydrogen-bond donors (Lipinski definition) is 0. The Bertz CT molecular complexity index is 5.09. The summed E-state index contributed by atoms with van der Waals surface area (Å²) in [6.07, 6.45) is 0. The van der Waals surface area contributed by atoms with E-state index >= 15 is 0 Å². The van der Waals surface area contributed by atoms with E-state index in [0.29, 0.717) is 0 Å². The highest BCUT2D eigenvalue weighted by atomic mass is 27.0. The van der Waals surface area contributed by atoms with Crippen molar-refractivity contribution < 1.29 is 0 Å². The Morgan fingerprint density at radius 3 is 0.154 bits per heavy atom. The summed E-state index contributed by atoms with van der Waals surface area (Å²) in [6.45, 7) is 0. The summed E-state index contributed by atoms with van der Waals surface area (Å²) in [4.78, 5) is 0. The minimum atomic E-state index is 0. The predicted molar refractivity (Wildman–Crippen MR) is 74.8 cm³/mol. The molecule has 0 rings (SSSR count). The van der Waals surface area contributed by atoms with Gasteiger partial charge in [0, 0.05) is 118 Å². The third-order valence-corrected chi connectivity index (χ3v) is 0. The van der Waals surface area contributed by atoms with Crippen molar-refractivity contribution in [3.8, 4) is 0 Å². The zero-order valence-corrected chi connectivity index (χ0v) is 8.66. The van der Waals surface area contributed by atoms with Gasteiger partial charge in [-0.15, -0.1) is 0 Å². The number of hydrogen-bond acceptors (Lipinski definition) is 0. The molecule has 0 aromatic carbocycles. The molecule has 0 unspecified atom stereocenters. The van der Waals surface area contributed by atoms with E-state index in [9.17, 15) is 0 Å². The van der Waals surface area contributed by atoms with Crippen LogP contribution >= 0.6 is 0 Å². The van der Waals surface area contributed by atoms with E-state index < -0.39 is 0 Å². The third-order valence-electron chi connectivity index (χ3n) is 0. The maximum atomic E-state index is 0. The summed E-state index contributed by atoms with van der Waals surface area (Å²) in [6, 6.07) is 0. The zero-order valence-electron chi connectivity index (χ0n) is 7.51. The third kappa shape index (κ3) is 990. The maximum Gasteiger partial charge on any atom is 0 e. The average Bonchev–Trinajstić information content (AvgIpc) is 0. The van der Waals surface area contributed by atoms with Crippen LogP contribution in [-0.2, 0) is 0 Å². The highest BCUT2D eigenvalue weighted by Crippen LogP contribution is -0.369. The lowest BCUT2D eigenvalue weighted by molar-refractivity contribution is 5.75. The van der Waals surface area contributed by atoms with Crippen LogP contribution in [0.2, 0.25) is 0 Å². The smallest absolute Gasteiger partial charge is 0 e. The van der Waals surface area contributed by atoms with Crippen LogP contribution in [0.4, 0.5) is 0 Å². The topological polar surface area (TPSA) is 0 Å². The standard InChI is InChI=1S/Al.12B. The highest BCUT2D eigenvalue weighted by molar-refractivity contribution is 5.77. The molecule has 0 atom stereocenters. The summed E-state index contributed by atoms with van der Waals surface area (Å²) in [5, 5.41) is 0. The minimum absolute atomic E-state index is 0. The second kappa shape index (κ2) is 1170. The molecule has 0 aromatic heterocycles. The van der Waals surface area contributed by atoms with Crippen LogP contribution < -0.4 is 0 Å². The van der Waals surface area contributed by atoms with Crippen molar-refractivity contribution in [1.82, 2.24) is 0 Å². The van der Waals surface area contributed by atoms with E-state index in [4.69, 9.17) is 0 Å². The fourth-order valence-electron chi connectivity index (χ4n) is 0. The van der Waals surface area contributed by atoms with Crippen LogP contribution in [0.3, 0.4) is 0 Å². The molecule has 0 saturated carbocycles. The Labute approximate surface area is 118 Å². The van der Waals surface area contributed by atoms with Crippen LogP contribution in [0.1, 0.15) is 0 Å². The van der Waals surface area contributed by atoms with Crippen LogP contribution in [-0.4, -0.2) is 118 Å². The molecule has 0 heterocycles.